The molecular formula is C19H23NOS. The van der Waals surface area contributed by atoms with Crippen LogP contribution in [0.25, 0.3) is 6.08 Å². The number of hydrogen-bond acceptors (Lipinski definition) is 1. The van der Waals surface area contributed by atoms with Gasteiger partial charge in [0.05, 0.1) is 11.3 Å². The quantitative estimate of drug-likeness (QED) is 0.785. The summed E-state index contributed by atoms with van der Waals surface area (Å²) in [7, 11) is -1.10. The number of anilines is 1. The first-order valence-electron chi connectivity index (χ1n) is 7.44. The topological polar surface area (TPSA) is 20.3 Å². The van der Waals surface area contributed by atoms with Crippen molar-refractivity contribution < 1.29 is 4.21 Å². The molecular weight excluding hydrogens is 290 g/mol. The van der Waals surface area contributed by atoms with Gasteiger partial charge in [-0.3, -0.25) is 4.31 Å². The van der Waals surface area contributed by atoms with Crippen molar-refractivity contribution >= 4 is 22.7 Å². The molecule has 0 aliphatic heterocycles. The first kappa shape index (κ1) is 16.5. The summed E-state index contributed by atoms with van der Waals surface area (Å²) >= 11 is 0. The summed E-state index contributed by atoms with van der Waals surface area (Å²) in [5.41, 5.74) is 2.13. The van der Waals surface area contributed by atoms with Gasteiger partial charge in [-0.05, 0) is 38.5 Å². The second-order valence-electron chi connectivity index (χ2n) is 6.07. The lowest BCUT2D eigenvalue weighted by molar-refractivity contribution is 0.646. The molecule has 0 saturated heterocycles. The molecule has 0 amide bonds. The number of rotatable bonds is 5. The molecule has 2 rings (SSSR count). The number of hydrogen-bond donors (Lipinski definition) is 0. The first-order valence-corrected chi connectivity index (χ1v) is 8.55. The van der Waals surface area contributed by atoms with Crippen LogP contribution in [0.4, 0.5) is 5.69 Å². The maximum Gasteiger partial charge on any atom is 0.125 e. The summed E-state index contributed by atoms with van der Waals surface area (Å²) in [6.07, 6.45) is 4.13. The molecule has 1 atom stereocenters. The van der Waals surface area contributed by atoms with Crippen LogP contribution in [-0.4, -0.2) is 15.5 Å². The van der Waals surface area contributed by atoms with Crippen molar-refractivity contribution in [2.45, 2.75) is 25.5 Å². The second-order valence-corrected chi connectivity index (χ2v) is 8.24. The SMILES string of the molecule is CC(C)(C)[S@](=O)N(CC=Cc1ccccc1)c1ccccc1. The van der Waals surface area contributed by atoms with Gasteiger partial charge in [0.25, 0.3) is 0 Å². The van der Waals surface area contributed by atoms with Gasteiger partial charge in [0, 0.05) is 5.69 Å². The largest absolute Gasteiger partial charge is 0.288 e. The molecule has 2 aromatic carbocycles. The van der Waals surface area contributed by atoms with E-state index in [0.29, 0.717) is 6.54 Å². The zero-order valence-electron chi connectivity index (χ0n) is 13.4. The van der Waals surface area contributed by atoms with Crippen LogP contribution in [0.1, 0.15) is 26.3 Å². The fourth-order valence-electron chi connectivity index (χ4n) is 2.04. The van der Waals surface area contributed by atoms with E-state index in [9.17, 15) is 4.21 Å². The predicted octanol–water partition coefficient (Wildman–Crippen LogP) is 4.67. The van der Waals surface area contributed by atoms with E-state index in [1.165, 1.54) is 0 Å². The van der Waals surface area contributed by atoms with E-state index in [2.05, 4.69) is 24.3 Å². The Labute approximate surface area is 136 Å². The van der Waals surface area contributed by atoms with E-state index < -0.39 is 11.0 Å². The molecule has 3 heteroatoms. The van der Waals surface area contributed by atoms with Gasteiger partial charge < -0.3 is 0 Å². The lowest BCUT2D eigenvalue weighted by Crippen LogP contribution is -2.37. The fraction of sp³-hybridized carbons (Fsp3) is 0.263. The summed E-state index contributed by atoms with van der Waals surface area (Å²) in [5.74, 6) is 0. The van der Waals surface area contributed by atoms with Crippen molar-refractivity contribution in [2.24, 2.45) is 0 Å². The monoisotopic (exact) mass is 313 g/mol. The van der Waals surface area contributed by atoms with Crippen LogP contribution in [0.2, 0.25) is 0 Å². The average Bonchev–Trinajstić information content (AvgIpc) is 2.52. The third-order valence-electron chi connectivity index (χ3n) is 3.15. The van der Waals surface area contributed by atoms with Crippen molar-refractivity contribution in [3.05, 3.63) is 72.3 Å². The van der Waals surface area contributed by atoms with Crippen LogP contribution in [0, 0.1) is 0 Å². The first-order chi connectivity index (χ1) is 10.5. The van der Waals surface area contributed by atoms with E-state index in [0.717, 1.165) is 11.3 Å². The zero-order chi connectivity index (χ0) is 16.0. The highest BCUT2D eigenvalue weighted by Crippen LogP contribution is 2.23. The van der Waals surface area contributed by atoms with E-state index in [1.807, 2.05) is 73.6 Å². The van der Waals surface area contributed by atoms with E-state index in [1.54, 1.807) is 0 Å². The molecule has 0 unspecified atom stereocenters. The number of para-hydroxylation sites is 1. The molecule has 116 valence electrons. The maximum absolute atomic E-state index is 12.8. The third kappa shape index (κ3) is 4.57. The van der Waals surface area contributed by atoms with Gasteiger partial charge in [-0.2, -0.15) is 0 Å². The zero-order valence-corrected chi connectivity index (χ0v) is 14.2. The van der Waals surface area contributed by atoms with Gasteiger partial charge in [-0.1, -0.05) is 60.7 Å². The Morgan fingerprint density at radius 2 is 1.50 bits per heavy atom. The Morgan fingerprint density at radius 3 is 2.05 bits per heavy atom. The third-order valence-corrected chi connectivity index (χ3v) is 4.96. The van der Waals surface area contributed by atoms with Crippen molar-refractivity contribution in [3.8, 4) is 0 Å². The molecule has 0 heterocycles. The smallest absolute Gasteiger partial charge is 0.125 e. The molecule has 0 aliphatic rings. The molecule has 2 aromatic rings. The Bertz CT molecular complexity index is 629. The van der Waals surface area contributed by atoms with E-state index in [4.69, 9.17) is 0 Å². The molecule has 0 saturated carbocycles. The molecule has 0 fully saturated rings. The molecule has 0 aromatic heterocycles. The fourth-order valence-corrected chi connectivity index (χ4v) is 3.24. The number of benzene rings is 2. The average molecular weight is 313 g/mol. The highest BCUT2D eigenvalue weighted by Gasteiger charge is 2.25. The van der Waals surface area contributed by atoms with Crippen LogP contribution in [0.5, 0.6) is 0 Å². The highest BCUT2D eigenvalue weighted by molar-refractivity contribution is 7.87. The summed E-state index contributed by atoms with van der Waals surface area (Å²) in [5, 5.41) is 0. The van der Waals surface area contributed by atoms with Crippen molar-refractivity contribution in [1.29, 1.82) is 0 Å². The molecule has 22 heavy (non-hydrogen) atoms. The molecule has 2 nitrogen and oxygen atoms in total. The summed E-state index contributed by atoms with van der Waals surface area (Å²) in [6.45, 7) is 6.61. The predicted molar refractivity (Wildman–Crippen MR) is 97.2 cm³/mol. The minimum atomic E-state index is -1.10. The van der Waals surface area contributed by atoms with Gasteiger partial charge in [0.2, 0.25) is 0 Å². The minimum Gasteiger partial charge on any atom is -0.288 e. The van der Waals surface area contributed by atoms with Crippen LogP contribution in [0.15, 0.2) is 66.7 Å². The second kappa shape index (κ2) is 7.41. The van der Waals surface area contributed by atoms with Crippen LogP contribution >= 0.6 is 0 Å². The van der Waals surface area contributed by atoms with Crippen molar-refractivity contribution in [2.75, 3.05) is 10.8 Å². The molecule has 0 N–H and O–H groups in total. The molecule has 0 spiro atoms. The Hall–Kier alpha value is -1.87. The van der Waals surface area contributed by atoms with Crippen LogP contribution in [0.3, 0.4) is 0 Å². The minimum absolute atomic E-state index is 0.295. The standard InChI is InChI=1S/C19H23NOS/c1-19(2,3)22(21)20(18-14-8-5-9-15-18)16-10-13-17-11-6-4-7-12-17/h4-15H,16H2,1-3H3/t22-/m0/s1. The molecule has 0 radical (unpaired) electrons. The maximum atomic E-state index is 12.8. The van der Waals surface area contributed by atoms with E-state index in [-0.39, 0.29) is 4.75 Å². The summed E-state index contributed by atoms with van der Waals surface area (Å²) < 4.78 is 14.5. The molecule has 0 aliphatic carbocycles. The van der Waals surface area contributed by atoms with Gasteiger partial charge in [-0.25, -0.2) is 4.21 Å². The van der Waals surface area contributed by atoms with Crippen LogP contribution in [-0.2, 0) is 11.0 Å². The van der Waals surface area contributed by atoms with E-state index >= 15 is 0 Å². The lowest BCUT2D eigenvalue weighted by atomic mass is 10.2. The van der Waals surface area contributed by atoms with Gasteiger partial charge >= 0.3 is 0 Å². The summed E-state index contributed by atoms with van der Waals surface area (Å²) in [6, 6.07) is 20.1. The molecule has 0 bridgehead atoms. The highest BCUT2D eigenvalue weighted by atomic mass is 32.2. The number of nitrogens with zero attached hydrogens (tertiary/aromatic N) is 1. The van der Waals surface area contributed by atoms with Crippen molar-refractivity contribution in [3.63, 3.8) is 0 Å². The normalized spacial score (nSPS) is 13.2. The van der Waals surface area contributed by atoms with Crippen molar-refractivity contribution in [1.82, 2.24) is 0 Å². The summed E-state index contributed by atoms with van der Waals surface area (Å²) in [4.78, 5) is 0. The lowest BCUT2D eigenvalue weighted by Gasteiger charge is -2.29. The van der Waals surface area contributed by atoms with Gasteiger partial charge in [0.15, 0.2) is 0 Å². The van der Waals surface area contributed by atoms with Gasteiger partial charge in [0.1, 0.15) is 11.0 Å². The Balaban J connectivity index is 2.19. The Kier molecular flexibility index (Phi) is 5.56. The van der Waals surface area contributed by atoms with Crippen LogP contribution < -0.4 is 4.31 Å². The van der Waals surface area contributed by atoms with Gasteiger partial charge in [-0.15, -0.1) is 0 Å². The Morgan fingerprint density at radius 1 is 0.955 bits per heavy atom.